The number of hydrogen-bond donors (Lipinski definition) is 1. The lowest BCUT2D eigenvalue weighted by Gasteiger charge is -2.18. The Hall–Kier alpha value is -1.02. The fourth-order valence-electron chi connectivity index (χ4n) is 1.03. The predicted molar refractivity (Wildman–Crippen MR) is 42.0 cm³/mol. The molecule has 96 valence electrons. The highest BCUT2D eigenvalue weighted by molar-refractivity contribution is 6.22. The van der Waals surface area contributed by atoms with Crippen LogP contribution in [0.5, 0.6) is 0 Å². The van der Waals surface area contributed by atoms with Crippen molar-refractivity contribution in [1.82, 2.24) is 0 Å². The van der Waals surface area contributed by atoms with E-state index in [1.54, 1.807) is 0 Å². The summed E-state index contributed by atoms with van der Waals surface area (Å²) in [4.78, 5) is 0. The summed E-state index contributed by atoms with van der Waals surface area (Å²) < 4.78 is 88.3. The summed E-state index contributed by atoms with van der Waals surface area (Å²) in [6, 6.07) is 0. The molecule has 1 unspecified atom stereocenters. The average molecular weight is 283 g/mol. The van der Waals surface area contributed by atoms with Crippen molar-refractivity contribution in [3.8, 4) is 0 Å². The summed E-state index contributed by atoms with van der Waals surface area (Å²) in [7, 11) is 0. The van der Waals surface area contributed by atoms with Gasteiger partial charge in [0.25, 0.3) is 0 Å². The van der Waals surface area contributed by atoms with Crippen molar-refractivity contribution in [3.63, 3.8) is 0 Å². The van der Waals surface area contributed by atoms with Crippen molar-refractivity contribution in [2.75, 3.05) is 0 Å². The predicted octanol–water partition coefficient (Wildman–Crippen LogP) is 3.25. The standard InChI is InChI=1S/C8H2ClF7O/c9-8(15,16)7(17)1-2(10)4(12)6(14)5(13)3(1)11/h7,17H. The molecule has 1 aromatic carbocycles. The molecule has 0 saturated carbocycles. The summed E-state index contributed by atoms with van der Waals surface area (Å²) in [6.45, 7) is 0. The first kappa shape index (κ1) is 14.0. The number of rotatable bonds is 2. The van der Waals surface area contributed by atoms with Crippen LogP contribution in [0.25, 0.3) is 0 Å². The van der Waals surface area contributed by atoms with E-state index in [1.165, 1.54) is 0 Å². The molecule has 0 aromatic heterocycles. The third kappa shape index (κ3) is 2.32. The van der Waals surface area contributed by atoms with E-state index in [1.807, 2.05) is 0 Å². The molecule has 0 radical (unpaired) electrons. The summed E-state index contributed by atoms with van der Waals surface area (Å²) in [5.41, 5.74) is -2.08. The average Bonchev–Trinajstić information content (AvgIpc) is 2.22. The van der Waals surface area contributed by atoms with Crippen LogP contribution in [0.3, 0.4) is 0 Å². The first-order chi connectivity index (χ1) is 7.59. The number of benzene rings is 1. The zero-order valence-corrected chi connectivity index (χ0v) is 8.30. The van der Waals surface area contributed by atoms with Gasteiger partial charge in [-0.25, -0.2) is 22.0 Å². The highest BCUT2D eigenvalue weighted by Crippen LogP contribution is 2.38. The van der Waals surface area contributed by atoms with Gasteiger partial charge >= 0.3 is 5.38 Å². The molecule has 1 N–H and O–H groups in total. The lowest BCUT2D eigenvalue weighted by molar-refractivity contribution is -0.0466. The van der Waals surface area contributed by atoms with E-state index in [4.69, 9.17) is 5.11 Å². The zero-order valence-electron chi connectivity index (χ0n) is 7.55. The summed E-state index contributed by atoms with van der Waals surface area (Å²) in [5.74, 6) is -12.5. The van der Waals surface area contributed by atoms with Crippen molar-refractivity contribution in [2.24, 2.45) is 0 Å². The molecule has 0 amide bonds. The Balaban J connectivity index is 3.55. The molecule has 0 fully saturated rings. The van der Waals surface area contributed by atoms with Crippen molar-refractivity contribution in [2.45, 2.75) is 11.5 Å². The van der Waals surface area contributed by atoms with Crippen LogP contribution in [0.1, 0.15) is 11.7 Å². The van der Waals surface area contributed by atoms with E-state index in [0.29, 0.717) is 0 Å². The molecule has 0 spiro atoms. The Labute approximate surface area is 94.4 Å². The molecule has 0 aliphatic rings. The first-order valence-corrected chi connectivity index (χ1v) is 4.23. The SMILES string of the molecule is OC(c1c(F)c(F)c(F)c(F)c1F)C(F)(F)Cl. The van der Waals surface area contributed by atoms with Gasteiger partial charge in [0, 0.05) is 0 Å². The Morgan fingerprint density at radius 1 is 0.824 bits per heavy atom. The van der Waals surface area contributed by atoms with Gasteiger partial charge in [0.15, 0.2) is 29.4 Å². The van der Waals surface area contributed by atoms with E-state index in [-0.39, 0.29) is 0 Å². The second-order valence-electron chi connectivity index (χ2n) is 2.93. The smallest absolute Gasteiger partial charge is 0.351 e. The minimum absolute atomic E-state index is 2.08. The number of halogens is 8. The highest BCUT2D eigenvalue weighted by atomic mass is 35.5. The molecule has 0 bridgehead atoms. The third-order valence-electron chi connectivity index (χ3n) is 1.83. The molecule has 1 rings (SSSR count). The second-order valence-corrected chi connectivity index (χ2v) is 3.43. The minimum Gasteiger partial charge on any atom is -0.380 e. The quantitative estimate of drug-likeness (QED) is 0.382. The molecule has 0 aliphatic heterocycles. The molecule has 0 aliphatic carbocycles. The molecule has 1 nitrogen and oxygen atoms in total. The van der Waals surface area contributed by atoms with E-state index in [0.717, 1.165) is 0 Å². The maximum Gasteiger partial charge on any atom is 0.351 e. The molecule has 1 atom stereocenters. The van der Waals surface area contributed by atoms with Crippen LogP contribution in [-0.4, -0.2) is 10.5 Å². The Morgan fingerprint density at radius 3 is 1.41 bits per heavy atom. The molecule has 0 heterocycles. The Morgan fingerprint density at radius 2 is 1.12 bits per heavy atom. The van der Waals surface area contributed by atoms with Crippen LogP contribution in [0.15, 0.2) is 0 Å². The normalized spacial score (nSPS) is 13.9. The molecule has 9 heteroatoms. The summed E-state index contributed by atoms with van der Waals surface area (Å²) >= 11 is 4.25. The van der Waals surface area contributed by atoms with Gasteiger partial charge in [0.2, 0.25) is 5.82 Å². The maximum absolute atomic E-state index is 12.9. The van der Waals surface area contributed by atoms with Crippen molar-refractivity contribution < 1.29 is 35.8 Å². The highest BCUT2D eigenvalue weighted by Gasteiger charge is 2.43. The zero-order chi connectivity index (χ0) is 13.5. The van der Waals surface area contributed by atoms with E-state index in [9.17, 15) is 30.7 Å². The fraction of sp³-hybridized carbons (Fsp3) is 0.250. The van der Waals surface area contributed by atoms with Crippen LogP contribution in [0.4, 0.5) is 30.7 Å². The topological polar surface area (TPSA) is 20.2 Å². The first-order valence-electron chi connectivity index (χ1n) is 3.85. The van der Waals surface area contributed by atoms with Crippen LogP contribution < -0.4 is 0 Å². The Kier molecular flexibility index (Phi) is 3.58. The molecule has 17 heavy (non-hydrogen) atoms. The van der Waals surface area contributed by atoms with Gasteiger partial charge in [0.1, 0.15) is 0 Å². The number of hydrogen-bond acceptors (Lipinski definition) is 1. The van der Waals surface area contributed by atoms with Crippen molar-refractivity contribution in [3.05, 3.63) is 34.6 Å². The lowest BCUT2D eigenvalue weighted by atomic mass is 10.1. The molecular weight excluding hydrogens is 281 g/mol. The van der Waals surface area contributed by atoms with E-state index < -0.39 is 46.1 Å². The molecular formula is C8H2ClF7O. The van der Waals surface area contributed by atoms with Gasteiger partial charge in [-0.2, -0.15) is 8.78 Å². The van der Waals surface area contributed by atoms with Crippen molar-refractivity contribution in [1.29, 1.82) is 0 Å². The Bertz CT molecular complexity index is 427. The third-order valence-corrected chi connectivity index (χ3v) is 2.03. The van der Waals surface area contributed by atoms with Gasteiger partial charge in [-0.05, 0) is 11.6 Å². The van der Waals surface area contributed by atoms with Gasteiger partial charge in [-0.3, -0.25) is 0 Å². The summed E-state index contributed by atoms with van der Waals surface area (Å²) in [5, 5.41) is 4.16. The van der Waals surface area contributed by atoms with Crippen LogP contribution >= 0.6 is 11.6 Å². The van der Waals surface area contributed by atoms with Crippen LogP contribution in [0.2, 0.25) is 0 Å². The molecule has 1 aromatic rings. The number of alkyl halides is 3. The fourth-order valence-corrected chi connectivity index (χ4v) is 1.13. The van der Waals surface area contributed by atoms with Gasteiger partial charge in [-0.1, -0.05) is 0 Å². The lowest BCUT2D eigenvalue weighted by Crippen LogP contribution is -2.23. The van der Waals surface area contributed by atoms with Crippen LogP contribution in [0, 0.1) is 29.1 Å². The van der Waals surface area contributed by atoms with Gasteiger partial charge in [0.05, 0.1) is 5.56 Å². The van der Waals surface area contributed by atoms with Crippen LogP contribution in [-0.2, 0) is 0 Å². The monoisotopic (exact) mass is 282 g/mol. The summed E-state index contributed by atoms with van der Waals surface area (Å²) in [6.07, 6.45) is -3.37. The molecule has 0 saturated heterocycles. The van der Waals surface area contributed by atoms with Gasteiger partial charge in [-0.15, -0.1) is 0 Å². The number of aliphatic hydroxyl groups excluding tert-OH is 1. The largest absolute Gasteiger partial charge is 0.380 e. The minimum atomic E-state index is -4.58. The maximum atomic E-state index is 12.9. The second kappa shape index (κ2) is 4.34. The van der Waals surface area contributed by atoms with Gasteiger partial charge < -0.3 is 5.11 Å². The van der Waals surface area contributed by atoms with E-state index in [2.05, 4.69) is 11.6 Å². The van der Waals surface area contributed by atoms with E-state index >= 15 is 0 Å². The van der Waals surface area contributed by atoms with Crippen molar-refractivity contribution >= 4 is 11.6 Å². The number of aliphatic hydroxyl groups is 1.